The average molecular weight is 296 g/mol. The summed E-state index contributed by atoms with van der Waals surface area (Å²) in [6, 6.07) is 2.27. The van der Waals surface area contributed by atoms with Gasteiger partial charge in [0.2, 0.25) is 5.91 Å². The van der Waals surface area contributed by atoms with Gasteiger partial charge in [0.25, 0.3) is 5.91 Å². The van der Waals surface area contributed by atoms with Crippen LogP contribution < -0.4 is 22.1 Å². The van der Waals surface area contributed by atoms with Crippen molar-refractivity contribution in [3.63, 3.8) is 0 Å². The fourth-order valence-electron chi connectivity index (χ4n) is 1.73. The Morgan fingerprint density at radius 3 is 2.43 bits per heavy atom. The van der Waals surface area contributed by atoms with Gasteiger partial charge in [-0.2, -0.15) is 0 Å². The van der Waals surface area contributed by atoms with Gasteiger partial charge in [-0.3, -0.25) is 9.59 Å². The maximum Gasteiger partial charge on any atom is 0.250 e. The topological polar surface area (TPSA) is 110 Å². The first-order valence-electron chi connectivity index (χ1n) is 6.54. The summed E-state index contributed by atoms with van der Waals surface area (Å²) in [5.74, 6) is -1.49. The highest BCUT2D eigenvalue weighted by Crippen LogP contribution is 2.21. The lowest BCUT2D eigenvalue weighted by molar-refractivity contribution is -0.122. The molecule has 0 saturated carbocycles. The molecule has 0 spiro atoms. The van der Waals surface area contributed by atoms with Crippen molar-refractivity contribution >= 4 is 23.2 Å². The Bertz CT molecular complexity index is 553. The van der Waals surface area contributed by atoms with Crippen LogP contribution in [0.4, 0.5) is 15.8 Å². The molecular weight excluding hydrogens is 275 g/mol. The minimum Gasteiger partial charge on any atom is -0.398 e. The number of carbonyl (C=O) groups is 2. The summed E-state index contributed by atoms with van der Waals surface area (Å²) in [7, 11) is 0. The van der Waals surface area contributed by atoms with E-state index in [1.807, 2.05) is 20.8 Å². The molecule has 0 heterocycles. The fraction of sp³-hybridized carbons (Fsp3) is 0.429. The molecule has 0 aromatic heterocycles. The number of hydrogen-bond donors (Lipinski definition) is 4. The predicted octanol–water partition coefficient (Wildman–Crippen LogP) is 1.22. The molecule has 1 aromatic rings. The zero-order valence-electron chi connectivity index (χ0n) is 12.4. The normalized spacial score (nSPS) is 11.0. The number of nitrogens with one attached hydrogen (secondary N) is 2. The van der Waals surface area contributed by atoms with Gasteiger partial charge in [0, 0.05) is 24.2 Å². The summed E-state index contributed by atoms with van der Waals surface area (Å²) in [5, 5.41) is 5.54. The quantitative estimate of drug-likeness (QED) is 0.612. The molecule has 2 amide bonds. The molecule has 1 rings (SSSR count). The summed E-state index contributed by atoms with van der Waals surface area (Å²) < 4.78 is 13.7. The van der Waals surface area contributed by atoms with E-state index in [-0.39, 0.29) is 41.3 Å². The Morgan fingerprint density at radius 1 is 1.29 bits per heavy atom. The van der Waals surface area contributed by atoms with Gasteiger partial charge in [0.1, 0.15) is 5.82 Å². The zero-order chi connectivity index (χ0) is 16.2. The molecule has 1 aromatic carbocycles. The van der Waals surface area contributed by atoms with Crippen LogP contribution in [0.15, 0.2) is 12.1 Å². The Morgan fingerprint density at radius 2 is 1.90 bits per heavy atom. The van der Waals surface area contributed by atoms with Crippen molar-refractivity contribution in [2.45, 2.75) is 32.7 Å². The third kappa shape index (κ3) is 5.29. The van der Waals surface area contributed by atoms with E-state index in [1.54, 1.807) is 0 Å². The van der Waals surface area contributed by atoms with Crippen LogP contribution in [-0.2, 0) is 4.79 Å². The highest BCUT2D eigenvalue weighted by molar-refractivity contribution is 5.99. The van der Waals surface area contributed by atoms with Gasteiger partial charge in [0.05, 0.1) is 11.3 Å². The van der Waals surface area contributed by atoms with Crippen LogP contribution in [0.1, 0.15) is 37.6 Å². The second-order valence-corrected chi connectivity index (χ2v) is 5.76. The lowest BCUT2D eigenvalue weighted by atomic mass is 10.1. The van der Waals surface area contributed by atoms with Crippen molar-refractivity contribution < 1.29 is 14.0 Å². The number of primary amides is 1. The summed E-state index contributed by atoms with van der Waals surface area (Å²) in [4.78, 5) is 22.8. The van der Waals surface area contributed by atoms with Gasteiger partial charge in [-0.15, -0.1) is 0 Å². The van der Waals surface area contributed by atoms with Crippen molar-refractivity contribution in [3.8, 4) is 0 Å². The Kier molecular flexibility index (Phi) is 5.12. The van der Waals surface area contributed by atoms with Crippen molar-refractivity contribution in [1.82, 2.24) is 5.32 Å². The minimum absolute atomic E-state index is 0.0176. The van der Waals surface area contributed by atoms with E-state index in [0.717, 1.165) is 6.07 Å². The van der Waals surface area contributed by atoms with Gasteiger partial charge < -0.3 is 22.1 Å². The first-order valence-corrected chi connectivity index (χ1v) is 6.54. The molecular formula is C14H21FN4O2. The van der Waals surface area contributed by atoms with Crippen molar-refractivity contribution in [1.29, 1.82) is 0 Å². The van der Waals surface area contributed by atoms with Crippen molar-refractivity contribution in [3.05, 3.63) is 23.5 Å². The number of benzene rings is 1. The number of carbonyl (C=O) groups excluding carboxylic acids is 2. The molecule has 6 N–H and O–H groups in total. The molecule has 116 valence electrons. The molecule has 0 unspecified atom stereocenters. The van der Waals surface area contributed by atoms with E-state index < -0.39 is 11.7 Å². The van der Waals surface area contributed by atoms with E-state index >= 15 is 0 Å². The molecule has 0 aliphatic heterocycles. The first-order chi connectivity index (χ1) is 9.60. The van der Waals surface area contributed by atoms with Gasteiger partial charge in [-0.05, 0) is 32.9 Å². The smallest absolute Gasteiger partial charge is 0.250 e. The number of halogens is 1. The Labute approximate surface area is 123 Å². The number of amides is 2. The zero-order valence-corrected chi connectivity index (χ0v) is 12.4. The molecule has 0 aliphatic rings. The average Bonchev–Trinajstić information content (AvgIpc) is 2.28. The fourth-order valence-corrected chi connectivity index (χ4v) is 1.73. The highest BCUT2D eigenvalue weighted by Gasteiger charge is 2.14. The summed E-state index contributed by atoms with van der Waals surface area (Å²) in [6.07, 6.45) is 0.174. The lowest BCUT2D eigenvalue weighted by Gasteiger charge is -2.20. The number of nitrogen functional groups attached to an aromatic ring is 1. The molecule has 0 bridgehead atoms. The molecule has 7 heteroatoms. The minimum atomic E-state index is -0.735. The largest absolute Gasteiger partial charge is 0.398 e. The first kappa shape index (κ1) is 16.7. The Hall–Kier alpha value is -2.31. The van der Waals surface area contributed by atoms with E-state index in [4.69, 9.17) is 11.5 Å². The van der Waals surface area contributed by atoms with Crippen LogP contribution in [0.5, 0.6) is 0 Å². The van der Waals surface area contributed by atoms with Crippen LogP contribution in [0, 0.1) is 5.82 Å². The van der Waals surface area contributed by atoms with Crippen LogP contribution in [0.25, 0.3) is 0 Å². The summed E-state index contributed by atoms with van der Waals surface area (Å²) in [6.45, 7) is 5.84. The summed E-state index contributed by atoms with van der Waals surface area (Å²) >= 11 is 0. The molecule has 0 saturated heterocycles. The monoisotopic (exact) mass is 296 g/mol. The van der Waals surface area contributed by atoms with Crippen molar-refractivity contribution in [2.75, 3.05) is 17.6 Å². The van der Waals surface area contributed by atoms with Gasteiger partial charge >= 0.3 is 0 Å². The number of nitrogens with two attached hydrogens (primary N) is 2. The van der Waals surface area contributed by atoms with Gasteiger partial charge in [-0.25, -0.2) is 4.39 Å². The SMILES string of the molecule is CC(C)(C)NC(=O)CCNc1cc(C(N)=O)c(N)cc1F. The Balaban J connectivity index is 2.66. The molecule has 0 radical (unpaired) electrons. The number of hydrogen-bond acceptors (Lipinski definition) is 4. The second-order valence-electron chi connectivity index (χ2n) is 5.76. The van der Waals surface area contributed by atoms with E-state index in [9.17, 15) is 14.0 Å². The molecule has 0 atom stereocenters. The summed E-state index contributed by atoms with van der Waals surface area (Å²) in [5.41, 5.74) is 10.4. The third-order valence-electron chi connectivity index (χ3n) is 2.59. The van der Waals surface area contributed by atoms with E-state index in [1.165, 1.54) is 6.07 Å². The maximum atomic E-state index is 13.7. The predicted molar refractivity (Wildman–Crippen MR) is 80.3 cm³/mol. The number of rotatable bonds is 5. The second kappa shape index (κ2) is 6.43. The maximum absolute atomic E-state index is 13.7. The standard InChI is InChI=1S/C14H21FN4O2/c1-14(2,3)19-12(20)4-5-18-11-6-8(13(17)21)10(16)7-9(11)15/h6-7,18H,4-5,16H2,1-3H3,(H2,17,21)(H,19,20). The number of anilines is 2. The lowest BCUT2D eigenvalue weighted by Crippen LogP contribution is -2.41. The van der Waals surface area contributed by atoms with Crippen LogP contribution >= 0.6 is 0 Å². The molecule has 6 nitrogen and oxygen atoms in total. The van der Waals surface area contributed by atoms with Gasteiger partial charge in [0.15, 0.2) is 0 Å². The van der Waals surface area contributed by atoms with Gasteiger partial charge in [-0.1, -0.05) is 0 Å². The molecule has 0 aliphatic carbocycles. The van der Waals surface area contributed by atoms with E-state index in [0.29, 0.717) is 0 Å². The highest BCUT2D eigenvalue weighted by atomic mass is 19.1. The van der Waals surface area contributed by atoms with Crippen molar-refractivity contribution in [2.24, 2.45) is 5.73 Å². The molecule has 21 heavy (non-hydrogen) atoms. The molecule has 0 fully saturated rings. The van der Waals surface area contributed by atoms with Crippen LogP contribution in [0.2, 0.25) is 0 Å². The van der Waals surface area contributed by atoms with Crippen LogP contribution in [-0.4, -0.2) is 23.9 Å². The van der Waals surface area contributed by atoms with Crippen LogP contribution in [0.3, 0.4) is 0 Å². The third-order valence-corrected chi connectivity index (χ3v) is 2.59. The van der Waals surface area contributed by atoms with E-state index in [2.05, 4.69) is 10.6 Å².